The highest BCUT2D eigenvalue weighted by atomic mass is 16.5. The second kappa shape index (κ2) is 8.46. The number of hydrogen-bond donors (Lipinski definition) is 1. The summed E-state index contributed by atoms with van der Waals surface area (Å²) in [7, 11) is 0. The zero-order chi connectivity index (χ0) is 15.9. The average Bonchev–Trinajstić information content (AvgIpc) is 3.07. The molecule has 126 valence electrons. The van der Waals surface area contributed by atoms with E-state index >= 15 is 0 Å². The Morgan fingerprint density at radius 1 is 1.22 bits per heavy atom. The van der Waals surface area contributed by atoms with E-state index in [2.05, 4.69) is 34.5 Å². The third-order valence-corrected chi connectivity index (χ3v) is 4.95. The molecule has 1 saturated carbocycles. The highest BCUT2D eigenvalue weighted by Crippen LogP contribution is 2.27. The molecule has 1 saturated heterocycles. The van der Waals surface area contributed by atoms with Gasteiger partial charge in [0.2, 0.25) is 5.91 Å². The third kappa shape index (κ3) is 5.33. The summed E-state index contributed by atoms with van der Waals surface area (Å²) < 4.78 is 5.81. The van der Waals surface area contributed by atoms with Crippen molar-refractivity contribution in [1.82, 2.24) is 10.2 Å². The first-order valence-electron chi connectivity index (χ1n) is 8.94. The largest absolute Gasteiger partial charge is 0.374 e. The molecule has 4 heteroatoms. The number of amides is 1. The van der Waals surface area contributed by atoms with E-state index in [9.17, 15) is 4.79 Å². The molecular weight excluding hydrogens is 288 g/mol. The lowest BCUT2D eigenvalue weighted by Gasteiger charge is -2.33. The van der Waals surface area contributed by atoms with Gasteiger partial charge in [-0.05, 0) is 24.3 Å². The summed E-state index contributed by atoms with van der Waals surface area (Å²) in [5.41, 5.74) is 1.33. The fraction of sp³-hybridized carbons (Fsp3) is 0.632. The molecule has 0 radical (unpaired) electrons. The van der Waals surface area contributed by atoms with E-state index < -0.39 is 0 Å². The van der Waals surface area contributed by atoms with Crippen LogP contribution < -0.4 is 5.32 Å². The quantitative estimate of drug-likeness (QED) is 0.877. The molecule has 2 aliphatic rings. The molecule has 1 aliphatic carbocycles. The normalized spacial score (nSPS) is 23.0. The predicted octanol–water partition coefficient (Wildman–Crippen LogP) is 2.58. The van der Waals surface area contributed by atoms with E-state index in [-0.39, 0.29) is 12.0 Å². The Morgan fingerprint density at radius 2 is 2.00 bits per heavy atom. The van der Waals surface area contributed by atoms with Crippen molar-refractivity contribution >= 4 is 5.91 Å². The van der Waals surface area contributed by atoms with Crippen molar-refractivity contribution in [3.05, 3.63) is 35.9 Å². The van der Waals surface area contributed by atoms with E-state index in [0.29, 0.717) is 18.9 Å². The van der Waals surface area contributed by atoms with Crippen LogP contribution in [0.1, 0.15) is 37.7 Å². The van der Waals surface area contributed by atoms with Gasteiger partial charge in [-0.2, -0.15) is 0 Å². The summed E-state index contributed by atoms with van der Waals surface area (Å²) in [6.45, 7) is 4.18. The molecule has 1 N–H and O–H groups in total. The lowest BCUT2D eigenvalue weighted by Crippen LogP contribution is -2.47. The van der Waals surface area contributed by atoms with Gasteiger partial charge in [0.15, 0.2) is 0 Å². The minimum absolute atomic E-state index is 0.111. The van der Waals surface area contributed by atoms with Gasteiger partial charge in [-0.1, -0.05) is 43.2 Å². The van der Waals surface area contributed by atoms with Crippen molar-refractivity contribution < 1.29 is 9.53 Å². The molecule has 4 nitrogen and oxygen atoms in total. The highest BCUT2D eigenvalue weighted by molar-refractivity contribution is 5.76. The first-order chi connectivity index (χ1) is 11.3. The number of rotatable bonds is 6. The second-order valence-corrected chi connectivity index (χ2v) is 6.87. The van der Waals surface area contributed by atoms with Crippen molar-refractivity contribution in [2.24, 2.45) is 5.92 Å². The second-order valence-electron chi connectivity index (χ2n) is 6.87. The smallest absolute Gasteiger partial charge is 0.220 e. The van der Waals surface area contributed by atoms with E-state index in [1.54, 1.807) is 0 Å². The van der Waals surface area contributed by atoms with Crippen LogP contribution in [0.2, 0.25) is 0 Å². The van der Waals surface area contributed by atoms with Gasteiger partial charge in [0.25, 0.3) is 0 Å². The van der Waals surface area contributed by atoms with Crippen molar-refractivity contribution in [2.75, 3.05) is 26.2 Å². The molecule has 0 aromatic heterocycles. The Bertz CT molecular complexity index is 485. The van der Waals surface area contributed by atoms with Crippen LogP contribution in [0.3, 0.4) is 0 Å². The molecule has 3 rings (SSSR count). The first-order valence-corrected chi connectivity index (χ1v) is 8.94. The van der Waals surface area contributed by atoms with E-state index in [1.807, 2.05) is 6.07 Å². The van der Waals surface area contributed by atoms with Gasteiger partial charge in [0.1, 0.15) is 0 Å². The number of nitrogens with zero attached hydrogens (tertiary/aromatic N) is 1. The molecule has 1 amide bonds. The topological polar surface area (TPSA) is 41.6 Å². The van der Waals surface area contributed by atoms with Crippen molar-refractivity contribution in [1.29, 1.82) is 0 Å². The molecule has 23 heavy (non-hydrogen) atoms. The molecule has 1 aliphatic heterocycles. The molecule has 1 heterocycles. The minimum Gasteiger partial charge on any atom is -0.374 e. The van der Waals surface area contributed by atoms with Crippen molar-refractivity contribution in [2.45, 2.75) is 44.8 Å². The lowest BCUT2D eigenvalue weighted by molar-refractivity contribution is -0.123. The van der Waals surface area contributed by atoms with Crippen LogP contribution in [0.4, 0.5) is 0 Å². The van der Waals surface area contributed by atoms with Crippen LogP contribution in [0.15, 0.2) is 30.3 Å². The fourth-order valence-electron chi connectivity index (χ4n) is 3.67. The fourth-order valence-corrected chi connectivity index (χ4v) is 3.67. The van der Waals surface area contributed by atoms with Crippen LogP contribution in [-0.2, 0) is 16.1 Å². The zero-order valence-electron chi connectivity index (χ0n) is 13.9. The van der Waals surface area contributed by atoms with Gasteiger partial charge in [-0.25, -0.2) is 0 Å². The number of hydrogen-bond acceptors (Lipinski definition) is 3. The zero-order valence-corrected chi connectivity index (χ0v) is 13.9. The Hall–Kier alpha value is -1.39. The maximum atomic E-state index is 12.0. The summed E-state index contributed by atoms with van der Waals surface area (Å²) in [4.78, 5) is 14.4. The Labute approximate surface area is 139 Å². The molecular formula is C19H28N2O2. The molecule has 0 spiro atoms. The maximum Gasteiger partial charge on any atom is 0.220 e. The minimum atomic E-state index is 0.111. The van der Waals surface area contributed by atoms with Crippen molar-refractivity contribution in [3.63, 3.8) is 0 Å². The van der Waals surface area contributed by atoms with Crippen molar-refractivity contribution in [3.8, 4) is 0 Å². The number of carbonyl (C=O) groups is 1. The molecule has 1 aromatic carbocycles. The Kier molecular flexibility index (Phi) is 6.06. The molecule has 1 aromatic rings. The van der Waals surface area contributed by atoms with Gasteiger partial charge in [-0.3, -0.25) is 9.69 Å². The number of nitrogens with one attached hydrogen (secondary N) is 1. The van der Waals surface area contributed by atoms with Crippen LogP contribution in [0.5, 0.6) is 0 Å². The van der Waals surface area contributed by atoms with E-state index in [1.165, 1.54) is 31.2 Å². The number of benzene rings is 1. The third-order valence-electron chi connectivity index (χ3n) is 4.95. The van der Waals surface area contributed by atoms with Gasteiger partial charge in [-0.15, -0.1) is 0 Å². The SMILES string of the molecule is O=C(CC1CCCC1)NCC1CN(Cc2ccccc2)CCO1. The standard InChI is InChI=1S/C19H28N2O2/c22-19(12-16-6-4-5-7-16)20-13-18-15-21(10-11-23-18)14-17-8-2-1-3-9-17/h1-3,8-9,16,18H,4-7,10-15H2,(H,20,22). The number of ether oxygens (including phenoxy) is 1. The average molecular weight is 316 g/mol. The van der Waals surface area contributed by atoms with Crippen LogP contribution in [0.25, 0.3) is 0 Å². The summed E-state index contributed by atoms with van der Waals surface area (Å²) >= 11 is 0. The highest BCUT2D eigenvalue weighted by Gasteiger charge is 2.22. The van der Waals surface area contributed by atoms with Gasteiger partial charge in [0.05, 0.1) is 12.7 Å². The van der Waals surface area contributed by atoms with Gasteiger partial charge in [0, 0.05) is 32.6 Å². The molecule has 1 unspecified atom stereocenters. The number of carbonyl (C=O) groups excluding carboxylic acids is 1. The van der Waals surface area contributed by atoms with E-state index in [4.69, 9.17) is 4.74 Å². The van der Waals surface area contributed by atoms with Crippen LogP contribution >= 0.6 is 0 Å². The Morgan fingerprint density at radius 3 is 2.78 bits per heavy atom. The van der Waals surface area contributed by atoms with Gasteiger partial charge < -0.3 is 10.1 Å². The van der Waals surface area contributed by atoms with Crippen LogP contribution in [0, 0.1) is 5.92 Å². The first kappa shape index (κ1) is 16.5. The predicted molar refractivity (Wildman–Crippen MR) is 91.0 cm³/mol. The maximum absolute atomic E-state index is 12.0. The summed E-state index contributed by atoms with van der Waals surface area (Å²) in [6, 6.07) is 10.5. The lowest BCUT2D eigenvalue weighted by atomic mass is 10.0. The van der Waals surface area contributed by atoms with Crippen LogP contribution in [-0.4, -0.2) is 43.2 Å². The summed E-state index contributed by atoms with van der Waals surface area (Å²) in [5, 5.41) is 3.07. The molecule has 2 fully saturated rings. The monoisotopic (exact) mass is 316 g/mol. The molecule has 1 atom stereocenters. The summed E-state index contributed by atoms with van der Waals surface area (Å²) in [6.07, 6.45) is 5.83. The van der Waals surface area contributed by atoms with Gasteiger partial charge >= 0.3 is 0 Å². The molecule has 0 bridgehead atoms. The summed E-state index contributed by atoms with van der Waals surface area (Å²) in [5.74, 6) is 0.803. The van der Waals surface area contributed by atoms with E-state index in [0.717, 1.165) is 26.2 Å². The number of morpholine rings is 1. The Balaban J connectivity index is 1.39.